The molecule has 0 amide bonds. The molecule has 164 valence electrons. The van der Waals surface area contributed by atoms with Crippen LogP contribution in [0.1, 0.15) is 43.5 Å². The zero-order chi connectivity index (χ0) is 22.6. The number of fused-ring (bicyclic) bond motifs is 1. The Morgan fingerprint density at radius 2 is 2.00 bits per heavy atom. The van der Waals surface area contributed by atoms with Crippen molar-refractivity contribution in [1.29, 1.82) is 0 Å². The Morgan fingerprint density at radius 1 is 1.29 bits per heavy atom. The van der Waals surface area contributed by atoms with Crippen LogP contribution in [-0.2, 0) is 23.0 Å². The van der Waals surface area contributed by atoms with E-state index >= 15 is 0 Å². The van der Waals surface area contributed by atoms with Crippen LogP contribution in [0.4, 0.5) is 11.4 Å². The van der Waals surface area contributed by atoms with Crippen LogP contribution >= 0.6 is 0 Å². The number of hydrogen-bond donors (Lipinski definition) is 0. The van der Waals surface area contributed by atoms with E-state index in [2.05, 4.69) is 10.9 Å². The topological polar surface area (TPSA) is 96.6 Å². The van der Waals surface area contributed by atoms with Gasteiger partial charge in [0.25, 0.3) is 5.69 Å². The third-order valence-electron chi connectivity index (χ3n) is 5.29. The fraction of sp³-hybridized carbons (Fsp3) is 0.409. The Balaban J connectivity index is 2.18. The van der Waals surface area contributed by atoms with Crippen molar-refractivity contribution < 1.29 is 13.3 Å². The lowest BCUT2D eigenvalue weighted by molar-refractivity contribution is -0.385. The summed E-state index contributed by atoms with van der Waals surface area (Å²) in [5.41, 5.74) is 1.95. The first-order valence-corrected chi connectivity index (χ1v) is 11.7. The molecule has 3 rings (SSSR count). The van der Waals surface area contributed by atoms with E-state index in [1.54, 1.807) is 6.20 Å². The molecule has 1 aliphatic rings. The standard InChI is InChI=1S/C22H26N4O4S/c1-4-11-24(12-5-2)22-17(6-3)14-19(26(27)28)15-21(22)31(29,30)25-13-9-18-8-7-10-23-20(18)16-25/h3,7-8,10,14-15H,4-5,9,11-13,16H2,1-2H3. The first kappa shape index (κ1) is 22.7. The summed E-state index contributed by atoms with van der Waals surface area (Å²) < 4.78 is 28.8. The minimum absolute atomic E-state index is 0.115. The van der Waals surface area contributed by atoms with Crippen molar-refractivity contribution in [2.75, 3.05) is 24.5 Å². The van der Waals surface area contributed by atoms with Crippen LogP contribution in [0.5, 0.6) is 0 Å². The van der Waals surface area contributed by atoms with E-state index in [9.17, 15) is 18.5 Å². The van der Waals surface area contributed by atoms with Crippen LogP contribution < -0.4 is 4.90 Å². The molecule has 31 heavy (non-hydrogen) atoms. The van der Waals surface area contributed by atoms with Crippen molar-refractivity contribution in [1.82, 2.24) is 9.29 Å². The van der Waals surface area contributed by atoms with Gasteiger partial charge in [0.05, 0.1) is 28.4 Å². The summed E-state index contributed by atoms with van der Waals surface area (Å²) in [6.07, 6.45) is 9.41. The molecule has 1 aliphatic heterocycles. The Morgan fingerprint density at radius 3 is 2.61 bits per heavy atom. The van der Waals surface area contributed by atoms with E-state index in [0.717, 1.165) is 24.5 Å². The highest BCUT2D eigenvalue weighted by Crippen LogP contribution is 2.36. The summed E-state index contributed by atoms with van der Waals surface area (Å²) in [4.78, 5) is 17.0. The van der Waals surface area contributed by atoms with Crippen LogP contribution in [0.2, 0.25) is 0 Å². The van der Waals surface area contributed by atoms with E-state index in [1.807, 2.05) is 30.9 Å². The molecule has 8 nitrogen and oxygen atoms in total. The fourth-order valence-electron chi connectivity index (χ4n) is 3.88. The third-order valence-corrected chi connectivity index (χ3v) is 7.15. The smallest absolute Gasteiger partial charge is 0.272 e. The number of pyridine rings is 1. The highest BCUT2D eigenvalue weighted by molar-refractivity contribution is 7.89. The molecule has 9 heteroatoms. The molecule has 0 radical (unpaired) electrons. The highest BCUT2D eigenvalue weighted by atomic mass is 32.2. The van der Waals surface area contributed by atoms with Crippen LogP contribution in [0, 0.1) is 22.5 Å². The number of non-ortho nitro benzene ring substituents is 1. The Labute approximate surface area is 183 Å². The molecule has 0 saturated carbocycles. The lowest BCUT2D eigenvalue weighted by Gasteiger charge is -2.31. The van der Waals surface area contributed by atoms with Gasteiger partial charge in [0, 0.05) is 38.0 Å². The molecular weight excluding hydrogens is 416 g/mol. The average Bonchev–Trinajstić information content (AvgIpc) is 2.77. The van der Waals surface area contributed by atoms with Crippen molar-refractivity contribution in [3.8, 4) is 12.3 Å². The highest BCUT2D eigenvalue weighted by Gasteiger charge is 2.34. The van der Waals surface area contributed by atoms with Crippen molar-refractivity contribution in [2.45, 2.75) is 44.6 Å². The molecule has 0 fully saturated rings. The first-order chi connectivity index (χ1) is 14.8. The summed E-state index contributed by atoms with van der Waals surface area (Å²) in [5, 5.41) is 11.5. The summed E-state index contributed by atoms with van der Waals surface area (Å²) in [7, 11) is -4.05. The summed E-state index contributed by atoms with van der Waals surface area (Å²) >= 11 is 0. The van der Waals surface area contributed by atoms with Gasteiger partial charge in [0.15, 0.2) is 0 Å². The van der Waals surface area contributed by atoms with Crippen LogP contribution in [-0.4, -0.2) is 42.3 Å². The van der Waals surface area contributed by atoms with Gasteiger partial charge in [-0.25, -0.2) is 8.42 Å². The van der Waals surface area contributed by atoms with E-state index < -0.39 is 14.9 Å². The van der Waals surface area contributed by atoms with E-state index in [0.29, 0.717) is 30.9 Å². The molecule has 2 heterocycles. The van der Waals surface area contributed by atoms with Gasteiger partial charge < -0.3 is 4.90 Å². The minimum atomic E-state index is -4.05. The normalized spacial score (nSPS) is 14.0. The second-order valence-electron chi connectivity index (χ2n) is 7.43. The zero-order valence-electron chi connectivity index (χ0n) is 17.7. The number of nitrogens with zero attached hydrogens (tertiary/aromatic N) is 4. The maximum absolute atomic E-state index is 13.8. The monoisotopic (exact) mass is 442 g/mol. The Kier molecular flexibility index (Phi) is 6.93. The number of terminal acetylenes is 1. The molecule has 0 saturated heterocycles. The van der Waals surface area contributed by atoms with Gasteiger partial charge in [-0.1, -0.05) is 25.8 Å². The molecule has 0 N–H and O–H groups in total. The number of sulfonamides is 1. The maximum Gasteiger partial charge on any atom is 0.272 e. The minimum Gasteiger partial charge on any atom is -0.369 e. The number of nitro benzene ring substituents is 1. The van der Waals surface area contributed by atoms with E-state index in [1.165, 1.54) is 10.4 Å². The molecule has 1 aromatic carbocycles. The van der Waals surface area contributed by atoms with Gasteiger partial charge in [0.1, 0.15) is 4.90 Å². The number of benzene rings is 1. The van der Waals surface area contributed by atoms with E-state index in [4.69, 9.17) is 6.42 Å². The van der Waals surface area contributed by atoms with Crippen molar-refractivity contribution in [2.24, 2.45) is 0 Å². The Bertz CT molecular complexity index is 1120. The molecule has 0 bridgehead atoms. The summed E-state index contributed by atoms with van der Waals surface area (Å²) in [6.45, 7) is 5.56. The number of hydrogen-bond acceptors (Lipinski definition) is 6. The average molecular weight is 443 g/mol. The number of nitro groups is 1. The van der Waals surface area contributed by atoms with Gasteiger partial charge >= 0.3 is 0 Å². The molecule has 0 spiro atoms. The molecule has 1 aromatic heterocycles. The SMILES string of the molecule is C#Cc1cc([N+](=O)[O-])cc(S(=O)(=O)N2CCc3cccnc3C2)c1N(CCC)CCC. The van der Waals surface area contributed by atoms with Gasteiger partial charge in [-0.2, -0.15) is 4.31 Å². The Hall–Kier alpha value is -2.96. The van der Waals surface area contributed by atoms with Crippen LogP contribution in [0.3, 0.4) is 0 Å². The number of anilines is 1. The predicted octanol–water partition coefficient (Wildman–Crippen LogP) is 3.34. The van der Waals surface area contributed by atoms with Gasteiger partial charge in [-0.15, -0.1) is 6.42 Å². The third kappa shape index (κ3) is 4.55. The molecular formula is C22H26N4O4S. The molecule has 0 unspecified atom stereocenters. The lowest BCUT2D eigenvalue weighted by Crippen LogP contribution is -2.38. The van der Waals surface area contributed by atoms with Crippen LogP contribution in [0.15, 0.2) is 35.4 Å². The summed E-state index contributed by atoms with van der Waals surface area (Å²) in [6, 6.07) is 6.18. The second kappa shape index (κ2) is 9.45. The second-order valence-corrected chi connectivity index (χ2v) is 9.33. The van der Waals surface area contributed by atoms with Crippen molar-refractivity contribution >= 4 is 21.4 Å². The molecule has 0 atom stereocenters. The largest absolute Gasteiger partial charge is 0.369 e. The van der Waals surface area contributed by atoms with Gasteiger partial charge in [-0.05, 0) is 30.9 Å². The first-order valence-electron chi connectivity index (χ1n) is 10.3. The number of rotatable bonds is 8. The summed E-state index contributed by atoms with van der Waals surface area (Å²) in [5.74, 6) is 2.48. The van der Waals surface area contributed by atoms with Gasteiger partial charge in [0.2, 0.25) is 10.0 Å². The molecule has 0 aliphatic carbocycles. The molecule has 2 aromatic rings. The van der Waals surface area contributed by atoms with E-state index in [-0.39, 0.29) is 29.2 Å². The quantitative estimate of drug-likeness (QED) is 0.353. The predicted molar refractivity (Wildman–Crippen MR) is 119 cm³/mol. The fourth-order valence-corrected chi connectivity index (χ4v) is 5.54. The van der Waals surface area contributed by atoms with Gasteiger partial charge in [-0.3, -0.25) is 15.1 Å². The lowest BCUT2D eigenvalue weighted by atomic mass is 10.1. The number of aromatic nitrogens is 1. The van der Waals surface area contributed by atoms with Crippen molar-refractivity contribution in [3.63, 3.8) is 0 Å². The van der Waals surface area contributed by atoms with Crippen molar-refractivity contribution in [3.05, 3.63) is 57.4 Å². The maximum atomic E-state index is 13.8. The van der Waals surface area contributed by atoms with Crippen LogP contribution in [0.25, 0.3) is 0 Å². The zero-order valence-corrected chi connectivity index (χ0v) is 18.6.